The van der Waals surface area contributed by atoms with Crippen molar-refractivity contribution in [3.05, 3.63) is 0 Å². The first-order chi connectivity index (χ1) is 7.24. The van der Waals surface area contributed by atoms with Crippen molar-refractivity contribution in [3.63, 3.8) is 0 Å². The van der Waals surface area contributed by atoms with Gasteiger partial charge in [0.2, 0.25) is 0 Å². The number of nitrogens with zero attached hydrogens (tertiary/aromatic N) is 2. The summed E-state index contributed by atoms with van der Waals surface area (Å²) in [4.78, 5) is 2.53. The SMILES string of the molecule is CCN(N)CCN(CC(C)C)CC(C)(C)C. The molecule has 0 saturated heterocycles. The molecule has 0 fully saturated rings. The first-order valence-corrected chi connectivity index (χ1v) is 6.46. The number of rotatable bonds is 7. The van der Waals surface area contributed by atoms with Crippen LogP contribution >= 0.6 is 0 Å². The van der Waals surface area contributed by atoms with Gasteiger partial charge in [0.05, 0.1) is 0 Å². The van der Waals surface area contributed by atoms with E-state index in [0.717, 1.165) is 38.6 Å². The van der Waals surface area contributed by atoms with Crippen LogP contribution in [0.25, 0.3) is 0 Å². The molecule has 2 N–H and O–H groups in total. The average molecular weight is 229 g/mol. The van der Waals surface area contributed by atoms with Crippen LogP contribution < -0.4 is 5.84 Å². The minimum atomic E-state index is 0.362. The molecule has 3 nitrogen and oxygen atoms in total. The molecule has 3 heteroatoms. The molecule has 0 aliphatic rings. The first kappa shape index (κ1) is 15.9. The molecule has 0 amide bonds. The topological polar surface area (TPSA) is 32.5 Å². The molecule has 0 rings (SSSR count). The third-order valence-corrected chi connectivity index (χ3v) is 2.43. The second kappa shape index (κ2) is 7.25. The Morgan fingerprint density at radius 1 is 1.12 bits per heavy atom. The van der Waals surface area contributed by atoms with E-state index >= 15 is 0 Å². The lowest BCUT2D eigenvalue weighted by Gasteiger charge is -2.32. The van der Waals surface area contributed by atoms with E-state index in [0.29, 0.717) is 5.41 Å². The van der Waals surface area contributed by atoms with E-state index in [1.807, 2.05) is 5.01 Å². The zero-order valence-electron chi connectivity index (χ0n) is 12.1. The lowest BCUT2D eigenvalue weighted by atomic mass is 9.95. The highest BCUT2D eigenvalue weighted by molar-refractivity contribution is 4.71. The molecule has 0 bridgehead atoms. The molecule has 0 aromatic heterocycles. The van der Waals surface area contributed by atoms with E-state index in [2.05, 4.69) is 46.4 Å². The van der Waals surface area contributed by atoms with E-state index in [-0.39, 0.29) is 0 Å². The van der Waals surface area contributed by atoms with Crippen molar-refractivity contribution in [2.45, 2.75) is 41.5 Å². The molecule has 0 aromatic carbocycles. The lowest BCUT2D eigenvalue weighted by molar-refractivity contribution is 0.150. The Bertz CT molecular complexity index is 173. The minimum Gasteiger partial charge on any atom is -0.301 e. The van der Waals surface area contributed by atoms with Crippen LogP contribution in [0.5, 0.6) is 0 Å². The van der Waals surface area contributed by atoms with Crippen LogP contribution in [0.1, 0.15) is 41.5 Å². The van der Waals surface area contributed by atoms with Crippen molar-refractivity contribution in [3.8, 4) is 0 Å². The third-order valence-electron chi connectivity index (χ3n) is 2.43. The smallest absolute Gasteiger partial charge is 0.0256 e. The molecule has 0 aliphatic carbocycles. The van der Waals surface area contributed by atoms with Gasteiger partial charge in [0, 0.05) is 32.7 Å². The highest BCUT2D eigenvalue weighted by Gasteiger charge is 2.17. The van der Waals surface area contributed by atoms with E-state index < -0.39 is 0 Å². The van der Waals surface area contributed by atoms with Crippen LogP contribution in [0.15, 0.2) is 0 Å². The van der Waals surface area contributed by atoms with E-state index in [4.69, 9.17) is 5.84 Å². The van der Waals surface area contributed by atoms with Gasteiger partial charge >= 0.3 is 0 Å². The molecule has 0 aliphatic heterocycles. The number of hydrogen-bond donors (Lipinski definition) is 1. The van der Waals surface area contributed by atoms with Gasteiger partial charge in [0.15, 0.2) is 0 Å². The predicted molar refractivity (Wildman–Crippen MR) is 72.2 cm³/mol. The van der Waals surface area contributed by atoms with Crippen LogP contribution in [0, 0.1) is 11.3 Å². The summed E-state index contributed by atoms with van der Waals surface area (Å²) < 4.78 is 0. The van der Waals surface area contributed by atoms with Gasteiger partial charge in [0.25, 0.3) is 0 Å². The third kappa shape index (κ3) is 9.13. The maximum atomic E-state index is 5.82. The molecule has 98 valence electrons. The second-order valence-corrected chi connectivity index (χ2v) is 6.32. The molecule has 0 atom stereocenters. The van der Waals surface area contributed by atoms with Gasteiger partial charge in [-0.05, 0) is 11.3 Å². The molecule has 0 saturated carbocycles. The monoisotopic (exact) mass is 229 g/mol. The zero-order valence-corrected chi connectivity index (χ0v) is 12.1. The van der Waals surface area contributed by atoms with Crippen molar-refractivity contribution in [1.29, 1.82) is 0 Å². The van der Waals surface area contributed by atoms with Gasteiger partial charge in [0.1, 0.15) is 0 Å². The van der Waals surface area contributed by atoms with Gasteiger partial charge in [-0.3, -0.25) is 5.84 Å². The molecule has 0 spiro atoms. The van der Waals surface area contributed by atoms with Crippen molar-refractivity contribution >= 4 is 0 Å². The van der Waals surface area contributed by atoms with Crippen LogP contribution in [0.3, 0.4) is 0 Å². The standard InChI is InChI=1S/C13H31N3/c1-7-16(14)9-8-15(10-12(2)3)11-13(4,5)6/h12H,7-11,14H2,1-6H3. The van der Waals surface area contributed by atoms with Gasteiger partial charge in [-0.15, -0.1) is 0 Å². The first-order valence-electron chi connectivity index (χ1n) is 6.46. The van der Waals surface area contributed by atoms with E-state index in [9.17, 15) is 0 Å². The molecule has 0 radical (unpaired) electrons. The lowest BCUT2D eigenvalue weighted by Crippen LogP contribution is -2.42. The summed E-state index contributed by atoms with van der Waals surface area (Å²) in [5.74, 6) is 6.54. The fraction of sp³-hybridized carbons (Fsp3) is 1.00. The van der Waals surface area contributed by atoms with Crippen LogP contribution in [-0.4, -0.2) is 42.6 Å². The maximum absolute atomic E-state index is 5.82. The summed E-state index contributed by atoms with van der Waals surface area (Å²) >= 11 is 0. The number of hydrogen-bond acceptors (Lipinski definition) is 3. The van der Waals surface area contributed by atoms with Crippen LogP contribution in [-0.2, 0) is 0 Å². The normalized spacial score (nSPS) is 13.1. The molecular formula is C13H31N3. The number of likely N-dealkylation sites (N-methyl/N-ethyl adjacent to an activating group) is 1. The fourth-order valence-corrected chi connectivity index (χ4v) is 1.85. The Morgan fingerprint density at radius 2 is 1.69 bits per heavy atom. The minimum absolute atomic E-state index is 0.362. The van der Waals surface area contributed by atoms with E-state index in [1.54, 1.807) is 0 Å². The average Bonchev–Trinajstić information content (AvgIpc) is 2.10. The van der Waals surface area contributed by atoms with E-state index in [1.165, 1.54) is 0 Å². The van der Waals surface area contributed by atoms with Crippen molar-refractivity contribution in [2.24, 2.45) is 17.2 Å². The highest BCUT2D eigenvalue weighted by atomic mass is 15.4. The van der Waals surface area contributed by atoms with Crippen LogP contribution in [0.4, 0.5) is 0 Å². The van der Waals surface area contributed by atoms with Gasteiger partial charge in [-0.1, -0.05) is 41.5 Å². The summed E-state index contributed by atoms with van der Waals surface area (Å²) in [6.45, 7) is 18.8. The molecule has 0 aromatic rings. The number of hydrazine groups is 1. The quantitative estimate of drug-likeness (QED) is 0.536. The predicted octanol–water partition coefficient (Wildman–Crippen LogP) is 2.19. The molecular weight excluding hydrogens is 198 g/mol. The Balaban J connectivity index is 4.10. The Kier molecular flexibility index (Phi) is 7.20. The molecule has 0 unspecified atom stereocenters. The Hall–Kier alpha value is -0.120. The van der Waals surface area contributed by atoms with Crippen molar-refractivity contribution < 1.29 is 0 Å². The molecule has 16 heavy (non-hydrogen) atoms. The largest absolute Gasteiger partial charge is 0.301 e. The summed E-state index contributed by atoms with van der Waals surface area (Å²) in [5.41, 5.74) is 0.362. The van der Waals surface area contributed by atoms with Crippen molar-refractivity contribution in [2.75, 3.05) is 32.7 Å². The number of nitrogens with two attached hydrogens (primary N) is 1. The fourth-order valence-electron chi connectivity index (χ4n) is 1.85. The van der Waals surface area contributed by atoms with Crippen molar-refractivity contribution in [1.82, 2.24) is 9.91 Å². The summed E-state index contributed by atoms with van der Waals surface area (Å²) in [6.07, 6.45) is 0. The van der Waals surface area contributed by atoms with Gasteiger partial charge in [-0.25, -0.2) is 5.01 Å². The summed E-state index contributed by atoms with van der Waals surface area (Å²) in [7, 11) is 0. The zero-order chi connectivity index (χ0) is 12.8. The Morgan fingerprint density at radius 3 is 2.06 bits per heavy atom. The van der Waals surface area contributed by atoms with Crippen LogP contribution in [0.2, 0.25) is 0 Å². The highest BCUT2D eigenvalue weighted by Crippen LogP contribution is 2.15. The van der Waals surface area contributed by atoms with Gasteiger partial charge < -0.3 is 4.90 Å². The molecule has 0 heterocycles. The maximum Gasteiger partial charge on any atom is 0.0256 e. The second-order valence-electron chi connectivity index (χ2n) is 6.32. The summed E-state index contributed by atoms with van der Waals surface area (Å²) in [6, 6.07) is 0. The Labute approximate surface area is 102 Å². The van der Waals surface area contributed by atoms with Gasteiger partial charge in [-0.2, -0.15) is 0 Å². The summed E-state index contributed by atoms with van der Waals surface area (Å²) in [5, 5.41) is 1.88.